The van der Waals surface area contributed by atoms with Crippen molar-refractivity contribution < 1.29 is 38.1 Å². The maximum Gasteiger partial charge on any atom is 0.463 e. The topological polar surface area (TPSA) is 105 Å². The van der Waals surface area contributed by atoms with Gasteiger partial charge in [-0.1, -0.05) is 26.3 Å². The maximum absolute atomic E-state index is 11.5. The highest BCUT2D eigenvalue weighted by Crippen LogP contribution is 2.25. The van der Waals surface area contributed by atoms with E-state index in [1.807, 2.05) is 0 Å². The number of carbonyl (C=O) groups excluding carboxylic acids is 4. The second-order valence-corrected chi connectivity index (χ2v) is 3.76. The molecule has 0 saturated carbocycles. The van der Waals surface area contributed by atoms with Gasteiger partial charge in [-0.2, -0.15) is 0 Å². The van der Waals surface area contributed by atoms with Crippen LogP contribution in [0.15, 0.2) is 50.6 Å². The Kier molecular flexibility index (Phi) is 7.75. The highest BCUT2D eigenvalue weighted by Gasteiger charge is 2.51. The van der Waals surface area contributed by atoms with Crippen molar-refractivity contribution in [1.82, 2.24) is 0 Å². The molecule has 0 rings (SSSR count). The predicted molar refractivity (Wildman–Crippen MR) is 77.3 cm³/mol. The summed E-state index contributed by atoms with van der Waals surface area (Å²) in [5.74, 6) is -6.97. The van der Waals surface area contributed by atoms with E-state index in [0.717, 1.165) is 31.2 Å². The molecule has 0 heterocycles. The minimum atomic E-state index is -2.69. The average molecular weight is 324 g/mol. The van der Waals surface area contributed by atoms with Gasteiger partial charge in [0.2, 0.25) is 6.10 Å². The first-order valence-electron chi connectivity index (χ1n) is 6.13. The average Bonchev–Trinajstić information content (AvgIpc) is 2.53. The minimum absolute atomic E-state index is 0.723. The normalized spacial score (nSPS) is 11.2. The number of ether oxygens (including phenoxy) is 4. The zero-order valence-corrected chi connectivity index (χ0v) is 12.5. The van der Waals surface area contributed by atoms with Crippen LogP contribution in [0.5, 0.6) is 0 Å². The highest BCUT2D eigenvalue weighted by molar-refractivity contribution is 5.85. The van der Waals surface area contributed by atoms with E-state index in [9.17, 15) is 19.2 Å². The van der Waals surface area contributed by atoms with E-state index in [2.05, 4.69) is 26.3 Å². The summed E-state index contributed by atoms with van der Waals surface area (Å²) in [6.07, 6.45) is 1.44. The first-order valence-corrected chi connectivity index (χ1v) is 6.13. The van der Waals surface area contributed by atoms with Crippen molar-refractivity contribution in [2.45, 2.75) is 19.0 Å². The largest absolute Gasteiger partial charge is 0.463 e. The Labute approximate surface area is 132 Å². The Bertz CT molecular complexity index is 491. The molecule has 0 aromatic rings. The van der Waals surface area contributed by atoms with Gasteiger partial charge in [0.15, 0.2) is 0 Å². The SMILES string of the molecule is C=CC(=O)OC(C)C(OC(=O)C=C)(OC(=O)C=C)OC(=O)C=C. The van der Waals surface area contributed by atoms with Crippen LogP contribution in [0.25, 0.3) is 0 Å². The minimum Gasteiger partial charge on any atom is -0.447 e. The number of esters is 4. The smallest absolute Gasteiger partial charge is 0.447 e. The molecule has 0 aliphatic heterocycles. The molecule has 0 bridgehead atoms. The van der Waals surface area contributed by atoms with Crippen molar-refractivity contribution in [3.8, 4) is 0 Å². The van der Waals surface area contributed by atoms with Crippen molar-refractivity contribution in [2.75, 3.05) is 0 Å². The third kappa shape index (κ3) is 6.00. The number of hydrogen-bond donors (Lipinski definition) is 0. The van der Waals surface area contributed by atoms with Gasteiger partial charge in [0.05, 0.1) is 0 Å². The first kappa shape index (κ1) is 19.8. The quantitative estimate of drug-likeness (QED) is 0.350. The fourth-order valence-corrected chi connectivity index (χ4v) is 1.15. The van der Waals surface area contributed by atoms with E-state index in [1.165, 1.54) is 0 Å². The molecule has 0 radical (unpaired) electrons. The van der Waals surface area contributed by atoms with Crippen LogP contribution in [0.1, 0.15) is 6.92 Å². The summed E-state index contributed by atoms with van der Waals surface area (Å²) in [6, 6.07) is 0. The van der Waals surface area contributed by atoms with Crippen LogP contribution >= 0.6 is 0 Å². The molecule has 1 unspecified atom stereocenters. The molecule has 0 aliphatic rings. The lowest BCUT2D eigenvalue weighted by molar-refractivity contribution is -0.356. The maximum atomic E-state index is 11.5. The van der Waals surface area contributed by atoms with E-state index in [4.69, 9.17) is 18.9 Å². The second-order valence-electron chi connectivity index (χ2n) is 3.76. The summed E-state index contributed by atoms with van der Waals surface area (Å²) in [4.78, 5) is 45.8. The Balaban J connectivity index is 5.84. The number of carbonyl (C=O) groups is 4. The van der Waals surface area contributed by atoms with Gasteiger partial charge in [-0.25, -0.2) is 19.2 Å². The van der Waals surface area contributed by atoms with E-state index in [-0.39, 0.29) is 0 Å². The van der Waals surface area contributed by atoms with Crippen LogP contribution in [0.3, 0.4) is 0 Å². The third-order valence-electron chi connectivity index (χ3n) is 2.19. The van der Waals surface area contributed by atoms with E-state index >= 15 is 0 Å². The Morgan fingerprint density at radius 2 is 1.04 bits per heavy atom. The molecule has 0 N–H and O–H groups in total. The van der Waals surface area contributed by atoms with Gasteiger partial charge in [-0.3, -0.25) is 0 Å². The van der Waals surface area contributed by atoms with Crippen LogP contribution in [-0.4, -0.2) is 36.0 Å². The lowest BCUT2D eigenvalue weighted by Crippen LogP contribution is -2.53. The fourth-order valence-electron chi connectivity index (χ4n) is 1.15. The van der Waals surface area contributed by atoms with E-state index < -0.39 is 36.0 Å². The zero-order chi connectivity index (χ0) is 18.0. The molecule has 8 nitrogen and oxygen atoms in total. The van der Waals surface area contributed by atoms with Gasteiger partial charge in [0, 0.05) is 24.3 Å². The molecule has 0 saturated heterocycles. The molecule has 0 aromatic heterocycles. The highest BCUT2D eigenvalue weighted by atomic mass is 16.9. The van der Waals surface area contributed by atoms with Crippen molar-refractivity contribution in [3.05, 3.63) is 50.6 Å². The van der Waals surface area contributed by atoms with Crippen molar-refractivity contribution in [2.24, 2.45) is 0 Å². The second kappa shape index (κ2) is 8.98. The van der Waals surface area contributed by atoms with E-state index in [0.29, 0.717) is 0 Å². The number of rotatable bonds is 9. The summed E-state index contributed by atoms with van der Waals surface area (Å²) in [5, 5.41) is 0. The Morgan fingerprint density at radius 3 is 1.30 bits per heavy atom. The van der Waals surface area contributed by atoms with Gasteiger partial charge in [-0.05, 0) is 6.92 Å². The molecule has 0 amide bonds. The van der Waals surface area contributed by atoms with Gasteiger partial charge in [0.25, 0.3) is 0 Å². The summed E-state index contributed by atoms with van der Waals surface area (Å²) >= 11 is 0. The van der Waals surface area contributed by atoms with Gasteiger partial charge >= 0.3 is 29.9 Å². The summed E-state index contributed by atoms with van der Waals surface area (Å²) in [5.41, 5.74) is 0. The summed E-state index contributed by atoms with van der Waals surface area (Å²) < 4.78 is 19.2. The van der Waals surface area contributed by atoms with Crippen LogP contribution in [-0.2, 0) is 38.1 Å². The van der Waals surface area contributed by atoms with Crippen LogP contribution in [0.2, 0.25) is 0 Å². The lowest BCUT2D eigenvalue weighted by atomic mass is 10.3. The predicted octanol–water partition coefficient (Wildman–Crippen LogP) is 0.945. The zero-order valence-electron chi connectivity index (χ0n) is 12.5. The number of hydrogen-bond acceptors (Lipinski definition) is 8. The molecule has 0 spiro atoms. The molecule has 0 aliphatic carbocycles. The molecule has 0 fully saturated rings. The molecule has 23 heavy (non-hydrogen) atoms. The Hall–Kier alpha value is -3.16. The van der Waals surface area contributed by atoms with Crippen molar-refractivity contribution in [1.29, 1.82) is 0 Å². The first-order chi connectivity index (χ1) is 10.7. The fraction of sp³-hybridized carbons (Fsp3) is 0.200. The standard InChI is InChI=1S/C15H16O8/c1-6-11(16)20-10(5)15(21-12(17)7-2,22-13(18)8-3)23-14(19)9-4/h6-10H,1-4H2,5H3. The monoisotopic (exact) mass is 324 g/mol. The molecule has 8 heteroatoms. The van der Waals surface area contributed by atoms with Crippen molar-refractivity contribution >= 4 is 23.9 Å². The van der Waals surface area contributed by atoms with Crippen LogP contribution in [0, 0.1) is 0 Å². The molecule has 1 atom stereocenters. The molecule has 124 valence electrons. The molecular formula is C15H16O8. The third-order valence-corrected chi connectivity index (χ3v) is 2.19. The van der Waals surface area contributed by atoms with E-state index in [1.54, 1.807) is 0 Å². The van der Waals surface area contributed by atoms with Gasteiger partial charge < -0.3 is 18.9 Å². The summed E-state index contributed by atoms with van der Waals surface area (Å²) in [6.45, 7) is 13.8. The van der Waals surface area contributed by atoms with Crippen molar-refractivity contribution in [3.63, 3.8) is 0 Å². The Morgan fingerprint density at radius 1 is 0.739 bits per heavy atom. The van der Waals surface area contributed by atoms with Gasteiger partial charge in [-0.15, -0.1) is 0 Å². The van der Waals surface area contributed by atoms with Crippen LogP contribution in [0.4, 0.5) is 0 Å². The van der Waals surface area contributed by atoms with Gasteiger partial charge in [0.1, 0.15) is 0 Å². The molecular weight excluding hydrogens is 308 g/mol. The lowest BCUT2D eigenvalue weighted by Gasteiger charge is -2.33. The summed E-state index contributed by atoms with van der Waals surface area (Å²) in [7, 11) is 0. The molecule has 0 aromatic carbocycles. The van der Waals surface area contributed by atoms with Crippen LogP contribution < -0.4 is 0 Å².